The molecule has 0 saturated heterocycles. The molecule has 7 heteroatoms. The summed E-state index contributed by atoms with van der Waals surface area (Å²) in [4.78, 5) is 30.4. The molecule has 0 saturated carbocycles. The highest BCUT2D eigenvalue weighted by Gasteiger charge is 2.25. The summed E-state index contributed by atoms with van der Waals surface area (Å²) in [6.45, 7) is 2.68. The van der Waals surface area contributed by atoms with Gasteiger partial charge in [0.2, 0.25) is 5.78 Å². The first-order chi connectivity index (χ1) is 15.0. The fourth-order valence-corrected chi connectivity index (χ4v) is 4.34. The molecule has 0 radical (unpaired) electrons. The van der Waals surface area contributed by atoms with Crippen molar-refractivity contribution in [3.63, 3.8) is 0 Å². The SMILES string of the molecule is CCc1c(-c2ccccc2)n(Cc2ccccc2)c2nc3c(c(=O)n(C)c(=O)n3C)n12. The fraction of sp³-hybridized carbons (Fsp3) is 0.208. The maximum absolute atomic E-state index is 13.1. The van der Waals surface area contributed by atoms with E-state index >= 15 is 0 Å². The molecule has 5 aromatic rings. The summed E-state index contributed by atoms with van der Waals surface area (Å²) in [5.41, 5.74) is 4.34. The van der Waals surface area contributed by atoms with Crippen LogP contribution in [0.1, 0.15) is 18.2 Å². The van der Waals surface area contributed by atoms with Gasteiger partial charge in [-0.25, -0.2) is 4.79 Å². The maximum Gasteiger partial charge on any atom is 0.332 e. The summed E-state index contributed by atoms with van der Waals surface area (Å²) in [5.74, 6) is 0.660. The third-order valence-corrected chi connectivity index (χ3v) is 5.86. The second-order valence-electron chi connectivity index (χ2n) is 7.71. The molecule has 0 amide bonds. The minimum absolute atomic E-state index is 0.336. The molecule has 31 heavy (non-hydrogen) atoms. The Morgan fingerprint density at radius 3 is 2.16 bits per heavy atom. The van der Waals surface area contributed by atoms with E-state index in [-0.39, 0.29) is 11.2 Å². The number of benzene rings is 2. The molecule has 0 bridgehead atoms. The number of fused-ring (bicyclic) bond motifs is 3. The molecular formula is C24H23N5O2. The van der Waals surface area contributed by atoms with Gasteiger partial charge in [-0.05, 0) is 12.0 Å². The summed E-state index contributed by atoms with van der Waals surface area (Å²) in [6, 6.07) is 20.3. The van der Waals surface area contributed by atoms with Crippen LogP contribution in [0.2, 0.25) is 0 Å². The van der Waals surface area contributed by atoms with Gasteiger partial charge in [0.05, 0.1) is 17.9 Å². The quantitative estimate of drug-likeness (QED) is 0.455. The second kappa shape index (κ2) is 7.12. The van der Waals surface area contributed by atoms with Crippen LogP contribution < -0.4 is 11.2 Å². The fourth-order valence-electron chi connectivity index (χ4n) is 4.34. The Hall–Kier alpha value is -3.87. The number of aromatic nitrogens is 5. The number of aryl methyl sites for hydroxylation is 2. The highest BCUT2D eigenvalue weighted by molar-refractivity contribution is 5.80. The van der Waals surface area contributed by atoms with E-state index in [2.05, 4.69) is 35.8 Å². The highest BCUT2D eigenvalue weighted by Crippen LogP contribution is 2.31. The van der Waals surface area contributed by atoms with E-state index in [9.17, 15) is 9.59 Å². The minimum Gasteiger partial charge on any atom is -0.305 e. The van der Waals surface area contributed by atoms with Gasteiger partial charge in [-0.2, -0.15) is 4.98 Å². The summed E-state index contributed by atoms with van der Waals surface area (Å²) in [6.07, 6.45) is 0.708. The molecule has 3 aromatic heterocycles. The van der Waals surface area contributed by atoms with Crippen LogP contribution in [0, 0.1) is 0 Å². The molecule has 3 heterocycles. The maximum atomic E-state index is 13.1. The lowest BCUT2D eigenvalue weighted by molar-refractivity contribution is 0.707. The van der Waals surface area contributed by atoms with Crippen molar-refractivity contribution < 1.29 is 0 Å². The normalized spacial score (nSPS) is 11.6. The molecular weight excluding hydrogens is 390 g/mol. The van der Waals surface area contributed by atoms with Crippen LogP contribution in [0.15, 0.2) is 70.3 Å². The van der Waals surface area contributed by atoms with Gasteiger partial charge in [0.15, 0.2) is 11.2 Å². The van der Waals surface area contributed by atoms with Crippen molar-refractivity contribution >= 4 is 16.9 Å². The number of hydrogen-bond acceptors (Lipinski definition) is 3. The van der Waals surface area contributed by atoms with E-state index in [4.69, 9.17) is 4.98 Å². The Morgan fingerprint density at radius 2 is 1.52 bits per heavy atom. The first-order valence-corrected chi connectivity index (χ1v) is 10.3. The van der Waals surface area contributed by atoms with Crippen molar-refractivity contribution in [2.45, 2.75) is 19.9 Å². The van der Waals surface area contributed by atoms with Crippen molar-refractivity contribution in [1.29, 1.82) is 0 Å². The minimum atomic E-state index is -0.380. The lowest BCUT2D eigenvalue weighted by Crippen LogP contribution is -2.37. The lowest BCUT2D eigenvalue weighted by atomic mass is 10.1. The van der Waals surface area contributed by atoms with E-state index in [1.54, 1.807) is 7.05 Å². The molecule has 0 aliphatic rings. The molecule has 0 unspecified atom stereocenters. The molecule has 7 nitrogen and oxygen atoms in total. The van der Waals surface area contributed by atoms with Crippen LogP contribution in [0.25, 0.3) is 28.2 Å². The van der Waals surface area contributed by atoms with Crippen LogP contribution in [0.5, 0.6) is 0 Å². The predicted octanol–water partition coefficient (Wildman–Crippen LogP) is 2.96. The predicted molar refractivity (Wildman–Crippen MR) is 122 cm³/mol. The molecule has 0 aliphatic carbocycles. The first-order valence-electron chi connectivity index (χ1n) is 10.3. The zero-order chi connectivity index (χ0) is 21.7. The summed E-state index contributed by atoms with van der Waals surface area (Å²) in [5, 5.41) is 0. The zero-order valence-electron chi connectivity index (χ0n) is 17.7. The summed E-state index contributed by atoms with van der Waals surface area (Å²) >= 11 is 0. The molecule has 0 N–H and O–H groups in total. The van der Waals surface area contributed by atoms with Gasteiger partial charge in [0, 0.05) is 19.7 Å². The first kappa shape index (κ1) is 19.1. The van der Waals surface area contributed by atoms with E-state index in [0.717, 1.165) is 27.1 Å². The number of imidazole rings is 2. The monoisotopic (exact) mass is 413 g/mol. The molecule has 2 aromatic carbocycles. The number of nitrogens with zero attached hydrogens (tertiary/aromatic N) is 5. The Morgan fingerprint density at radius 1 is 0.871 bits per heavy atom. The van der Waals surface area contributed by atoms with Crippen LogP contribution >= 0.6 is 0 Å². The molecule has 0 atom stereocenters. The van der Waals surface area contributed by atoms with Crippen molar-refractivity contribution in [1.82, 2.24) is 23.1 Å². The third-order valence-electron chi connectivity index (χ3n) is 5.86. The van der Waals surface area contributed by atoms with Gasteiger partial charge in [0.25, 0.3) is 5.56 Å². The zero-order valence-corrected chi connectivity index (χ0v) is 17.7. The smallest absolute Gasteiger partial charge is 0.305 e. The van der Waals surface area contributed by atoms with Crippen molar-refractivity contribution in [2.24, 2.45) is 14.1 Å². The van der Waals surface area contributed by atoms with E-state index in [1.165, 1.54) is 11.6 Å². The standard InChI is InChI=1S/C24H23N5O2/c1-4-18-19(17-13-9-6-10-14-17)28(15-16-11-7-5-8-12-16)23-25-21-20(29(18)23)22(30)27(3)24(31)26(21)2/h5-14H,4,15H2,1-3H3. The molecule has 0 fully saturated rings. The van der Waals surface area contributed by atoms with Crippen molar-refractivity contribution in [3.05, 3.63) is 92.8 Å². The Balaban J connectivity index is 1.96. The third kappa shape index (κ3) is 2.77. The van der Waals surface area contributed by atoms with E-state index < -0.39 is 0 Å². The van der Waals surface area contributed by atoms with Gasteiger partial charge < -0.3 is 4.57 Å². The van der Waals surface area contributed by atoms with E-state index in [1.807, 2.05) is 40.8 Å². The van der Waals surface area contributed by atoms with Gasteiger partial charge in [-0.1, -0.05) is 67.6 Å². The largest absolute Gasteiger partial charge is 0.332 e. The van der Waals surface area contributed by atoms with Gasteiger partial charge in [-0.15, -0.1) is 0 Å². The Bertz CT molecular complexity index is 1540. The van der Waals surface area contributed by atoms with Gasteiger partial charge in [-0.3, -0.25) is 18.3 Å². The van der Waals surface area contributed by atoms with Crippen LogP contribution in [-0.4, -0.2) is 23.1 Å². The van der Waals surface area contributed by atoms with E-state index in [0.29, 0.717) is 29.9 Å². The molecule has 5 rings (SSSR count). The number of rotatable bonds is 4. The summed E-state index contributed by atoms with van der Waals surface area (Å²) < 4.78 is 6.67. The van der Waals surface area contributed by atoms with Crippen molar-refractivity contribution in [3.8, 4) is 11.3 Å². The second-order valence-corrected chi connectivity index (χ2v) is 7.71. The lowest BCUT2D eigenvalue weighted by Gasteiger charge is -2.11. The average molecular weight is 413 g/mol. The highest BCUT2D eigenvalue weighted by atomic mass is 16.2. The average Bonchev–Trinajstić information content (AvgIpc) is 3.33. The van der Waals surface area contributed by atoms with Crippen molar-refractivity contribution in [2.75, 3.05) is 0 Å². The Labute approximate surface area is 178 Å². The molecule has 156 valence electrons. The van der Waals surface area contributed by atoms with Crippen LogP contribution in [-0.2, 0) is 27.1 Å². The Kier molecular flexibility index (Phi) is 4.39. The topological polar surface area (TPSA) is 66.2 Å². The van der Waals surface area contributed by atoms with Crippen LogP contribution in [0.3, 0.4) is 0 Å². The van der Waals surface area contributed by atoms with Gasteiger partial charge >= 0.3 is 5.69 Å². The van der Waals surface area contributed by atoms with Crippen LogP contribution in [0.4, 0.5) is 0 Å². The summed E-state index contributed by atoms with van der Waals surface area (Å²) in [7, 11) is 3.16. The van der Waals surface area contributed by atoms with Gasteiger partial charge in [0.1, 0.15) is 0 Å². The number of hydrogen-bond donors (Lipinski definition) is 0. The molecule has 0 aliphatic heterocycles. The molecule has 0 spiro atoms.